The highest BCUT2D eigenvalue weighted by Crippen LogP contribution is 2.30. The van der Waals surface area contributed by atoms with Crippen molar-refractivity contribution in [2.45, 2.75) is 32.7 Å². The number of amides is 1. The molecule has 0 bridgehead atoms. The number of carbonyl (C=O) groups excluding carboxylic acids is 1. The second kappa shape index (κ2) is 10.1. The molecule has 1 amide bonds. The Morgan fingerprint density at radius 2 is 1.97 bits per heavy atom. The fraction of sp³-hybridized carbons (Fsp3) is 0.391. The zero-order valence-electron chi connectivity index (χ0n) is 18.1. The maximum atomic E-state index is 13.2. The van der Waals surface area contributed by atoms with E-state index in [0.717, 1.165) is 22.6 Å². The fourth-order valence-electron chi connectivity index (χ4n) is 3.64. The van der Waals surface area contributed by atoms with Gasteiger partial charge in [-0.2, -0.15) is 13.2 Å². The average molecular weight is 480 g/mol. The molecule has 1 fully saturated rings. The minimum absolute atomic E-state index is 0.216. The van der Waals surface area contributed by atoms with E-state index in [1.807, 2.05) is 23.3 Å². The van der Waals surface area contributed by atoms with E-state index in [9.17, 15) is 18.0 Å². The summed E-state index contributed by atoms with van der Waals surface area (Å²) in [6.45, 7) is 5.03. The number of morpholine rings is 1. The second-order valence-electron chi connectivity index (χ2n) is 7.90. The summed E-state index contributed by atoms with van der Waals surface area (Å²) in [4.78, 5) is 21.7. The third-order valence-electron chi connectivity index (χ3n) is 5.42. The molecular weight excluding hydrogens is 455 g/mol. The number of oxazole rings is 1. The van der Waals surface area contributed by atoms with E-state index in [1.165, 1.54) is 12.3 Å². The summed E-state index contributed by atoms with van der Waals surface area (Å²) in [5, 5.41) is 1.98. The first-order valence-electron chi connectivity index (χ1n) is 10.5. The van der Waals surface area contributed by atoms with Gasteiger partial charge in [0.05, 0.1) is 25.3 Å². The minimum atomic E-state index is -4.40. The third-order valence-corrected chi connectivity index (χ3v) is 6.43. The molecule has 0 unspecified atom stereocenters. The first-order valence-corrected chi connectivity index (χ1v) is 11.4. The highest BCUT2D eigenvalue weighted by atomic mass is 32.1. The molecule has 0 N–H and O–H groups in total. The maximum absolute atomic E-state index is 13.2. The first kappa shape index (κ1) is 23.5. The largest absolute Gasteiger partial charge is 0.447 e. The Morgan fingerprint density at radius 1 is 1.18 bits per heavy atom. The van der Waals surface area contributed by atoms with Crippen LogP contribution in [-0.4, -0.2) is 47.0 Å². The van der Waals surface area contributed by atoms with Gasteiger partial charge in [-0.1, -0.05) is 18.2 Å². The quantitative estimate of drug-likeness (QED) is 0.490. The van der Waals surface area contributed by atoms with Gasteiger partial charge in [-0.15, -0.1) is 11.3 Å². The normalized spacial score (nSPS) is 14.8. The van der Waals surface area contributed by atoms with Crippen molar-refractivity contribution in [3.05, 3.63) is 75.1 Å². The fourth-order valence-corrected chi connectivity index (χ4v) is 4.59. The Morgan fingerprint density at radius 3 is 2.67 bits per heavy atom. The molecular formula is C23H24F3N3O3S. The molecule has 6 nitrogen and oxygen atoms in total. The van der Waals surface area contributed by atoms with Crippen LogP contribution in [0.4, 0.5) is 13.2 Å². The summed E-state index contributed by atoms with van der Waals surface area (Å²) < 4.78 is 50.3. The van der Waals surface area contributed by atoms with Crippen LogP contribution in [0.25, 0.3) is 0 Å². The summed E-state index contributed by atoms with van der Waals surface area (Å²) in [5.74, 6) is 0.125. The molecule has 1 aliphatic heterocycles. The highest BCUT2D eigenvalue weighted by Gasteiger charge is 2.30. The Bertz CT molecular complexity index is 1090. The second-order valence-corrected chi connectivity index (χ2v) is 8.90. The summed E-state index contributed by atoms with van der Waals surface area (Å²) >= 11 is 1.59. The lowest BCUT2D eigenvalue weighted by molar-refractivity contribution is -0.137. The molecule has 0 aliphatic carbocycles. The number of benzene rings is 1. The molecule has 3 aromatic rings. The van der Waals surface area contributed by atoms with Gasteiger partial charge in [0.1, 0.15) is 6.26 Å². The van der Waals surface area contributed by atoms with Crippen molar-refractivity contribution in [2.24, 2.45) is 0 Å². The van der Waals surface area contributed by atoms with Crippen molar-refractivity contribution in [3.63, 3.8) is 0 Å². The lowest BCUT2D eigenvalue weighted by Crippen LogP contribution is -2.40. The minimum Gasteiger partial charge on any atom is -0.447 e. The molecule has 1 aliphatic rings. The van der Waals surface area contributed by atoms with Crippen molar-refractivity contribution in [1.29, 1.82) is 0 Å². The number of hydrogen-bond acceptors (Lipinski definition) is 6. The molecule has 176 valence electrons. The third kappa shape index (κ3) is 6.01. The van der Waals surface area contributed by atoms with Crippen LogP contribution in [0, 0.1) is 6.92 Å². The number of thiophene rings is 1. The number of rotatable bonds is 7. The Kier molecular flexibility index (Phi) is 7.16. The van der Waals surface area contributed by atoms with E-state index in [4.69, 9.17) is 9.15 Å². The Balaban J connectivity index is 1.51. The van der Waals surface area contributed by atoms with E-state index < -0.39 is 11.7 Å². The zero-order chi connectivity index (χ0) is 23.4. The van der Waals surface area contributed by atoms with Crippen LogP contribution in [-0.2, 0) is 30.5 Å². The average Bonchev–Trinajstić information content (AvgIpc) is 3.42. The van der Waals surface area contributed by atoms with Crippen LogP contribution in [0.3, 0.4) is 0 Å². The van der Waals surface area contributed by atoms with Crippen LogP contribution >= 0.6 is 11.3 Å². The number of aryl methyl sites for hydroxylation is 1. The van der Waals surface area contributed by atoms with Crippen LogP contribution < -0.4 is 0 Å². The molecule has 3 heterocycles. The molecule has 1 saturated heterocycles. The van der Waals surface area contributed by atoms with Crippen molar-refractivity contribution < 1.29 is 27.1 Å². The van der Waals surface area contributed by atoms with Gasteiger partial charge in [-0.3, -0.25) is 9.69 Å². The van der Waals surface area contributed by atoms with E-state index >= 15 is 0 Å². The molecule has 0 saturated carbocycles. The summed E-state index contributed by atoms with van der Waals surface area (Å²) in [5.41, 5.74) is 1.19. The zero-order valence-corrected chi connectivity index (χ0v) is 18.9. The number of alkyl halides is 3. The van der Waals surface area contributed by atoms with E-state index in [0.29, 0.717) is 44.3 Å². The number of carbonyl (C=O) groups is 1. The first-order chi connectivity index (χ1) is 15.8. The van der Waals surface area contributed by atoms with Crippen molar-refractivity contribution >= 4 is 17.2 Å². The van der Waals surface area contributed by atoms with Gasteiger partial charge < -0.3 is 14.1 Å². The number of nitrogens with zero attached hydrogens (tertiary/aromatic N) is 3. The highest BCUT2D eigenvalue weighted by molar-refractivity contribution is 7.10. The predicted octanol–water partition coefficient (Wildman–Crippen LogP) is 4.74. The SMILES string of the molecule is Cc1ccsc1CN(Cc1cccc(C(F)(F)F)c1)Cc1nc(C(=O)N2CCOCC2)co1. The van der Waals surface area contributed by atoms with Crippen LogP contribution in [0.15, 0.2) is 46.4 Å². The lowest BCUT2D eigenvalue weighted by atomic mass is 10.1. The molecule has 0 radical (unpaired) electrons. The van der Waals surface area contributed by atoms with E-state index in [2.05, 4.69) is 4.98 Å². The van der Waals surface area contributed by atoms with Gasteiger partial charge in [0.25, 0.3) is 5.91 Å². The Labute approximate surface area is 193 Å². The predicted molar refractivity (Wildman–Crippen MR) is 117 cm³/mol. The molecule has 10 heteroatoms. The van der Waals surface area contributed by atoms with Crippen LogP contribution in [0.2, 0.25) is 0 Å². The number of ether oxygens (including phenoxy) is 1. The number of halogens is 3. The summed E-state index contributed by atoms with van der Waals surface area (Å²) in [7, 11) is 0. The number of hydrogen-bond donors (Lipinski definition) is 0. The standard InChI is InChI=1S/C23H24F3N3O3S/c1-16-5-10-33-20(16)13-28(12-17-3-2-4-18(11-17)23(24,25)26)14-21-27-19(15-32-21)22(30)29-6-8-31-9-7-29/h2-5,10-11,15H,6-9,12-14H2,1H3. The van der Waals surface area contributed by atoms with Crippen LogP contribution in [0.5, 0.6) is 0 Å². The molecule has 0 spiro atoms. The van der Waals surface area contributed by atoms with Gasteiger partial charge >= 0.3 is 6.18 Å². The Hall–Kier alpha value is -2.69. The van der Waals surface area contributed by atoms with Crippen molar-refractivity contribution in [3.8, 4) is 0 Å². The monoisotopic (exact) mass is 479 g/mol. The topological polar surface area (TPSA) is 58.8 Å². The molecule has 1 aromatic carbocycles. The maximum Gasteiger partial charge on any atom is 0.416 e. The van der Waals surface area contributed by atoms with Gasteiger partial charge in [-0.25, -0.2) is 4.98 Å². The molecule has 4 rings (SSSR count). The summed E-state index contributed by atoms with van der Waals surface area (Å²) in [6.07, 6.45) is -3.06. The van der Waals surface area contributed by atoms with Gasteiger partial charge in [-0.05, 0) is 35.6 Å². The molecule has 2 aromatic heterocycles. The van der Waals surface area contributed by atoms with E-state index in [1.54, 1.807) is 22.3 Å². The molecule has 33 heavy (non-hydrogen) atoms. The van der Waals surface area contributed by atoms with Gasteiger partial charge in [0.2, 0.25) is 5.89 Å². The van der Waals surface area contributed by atoms with Crippen LogP contribution in [0.1, 0.15) is 37.9 Å². The van der Waals surface area contributed by atoms with E-state index in [-0.39, 0.29) is 24.7 Å². The van der Waals surface area contributed by atoms with Gasteiger partial charge in [0.15, 0.2) is 5.69 Å². The lowest BCUT2D eigenvalue weighted by Gasteiger charge is -2.25. The van der Waals surface area contributed by atoms with Crippen molar-refractivity contribution in [2.75, 3.05) is 26.3 Å². The molecule has 0 atom stereocenters. The van der Waals surface area contributed by atoms with Gasteiger partial charge in [0, 0.05) is 31.1 Å². The van der Waals surface area contributed by atoms with Crippen molar-refractivity contribution in [1.82, 2.24) is 14.8 Å². The summed E-state index contributed by atoms with van der Waals surface area (Å²) in [6, 6.07) is 7.32. The number of aromatic nitrogens is 1. The smallest absolute Gasteiger partial charge is 0.416 e.